The van der Waals surface area contributed by atoms with Crippen LogP contribution < -0.4 is 10.2 Å². The Balaban J connectivity index is 2.20. The Morgan fingerprint density at radius 3 is 2.50 bits per heavy atom. The molecule has 0 bridgehead atoms. The Morgan fingerprint density at radius 2 is 1.82 bits per heavy atom. The number of ether oxygens (including phenoxy) is 1. The molecule has 114 valence electrons. The third kappa shape index (κ3) is 3.52. The van der Waals surface area contributed by atoms with E-state index in [1.165, 1.54) is 0 Å². The van der Waals surface area contributed by atoms with Crippen LogP contribution in [0.4, 0.5) is 0 Å². The van der Waals surface area contributed by atoms with Crippen LogP contribution in [0.3, 0.4) is 0 Å². The standard InChI is InChI=1S/C18H20N2O2/c1-12-9-10-16(17(11-12)22-4)14(3)19-20-18(21)15-8-6-5-7-13(15)2/h5-11H,1-4H3,(H,20,21)/b19-14+. The summed E-state index contributed by atoms with van der Waals surface area (Å²) < 4.78 is 5.36. The maximum absolute atomic E-state index is 12.2. The molecule has 0 aliphatic carbocycles. The van der Waals surface area contributed by atoms with Gasteiger partial charge in [-0.15, -0.1) is 0 Å². The summed E-state index contributed by atoms with van der Waals surface area (Å²) >= 11 is 0. The van der Waals surface area contributed by atoms with Crippen molar-refractivity contribution in [2.45, 2.75) is 20.8 Å². The van der Waals surface area contributed by atoms with Gasteiger partial charge in [0, 0.05) is 11.1 Å². The number of carbonyl (C=O) groups is 1. The van der Waals surface area contributed by atoms with Crippen LogP contribution in [0.5, 0.6) is 5.75 Å². The Hall–Kier alpha value is -2.62. The van der Waals surface area contributed by atoms with Gasteiger partial charge in [0.15, 0.2) is 0 Å². The summed E-state index contributed by atoms with van der Waals surface area (Å²) in [5.74, 6) is 0.523. The number of hydrazone groups is 1. The second kappa shape index (κ2) is 6.89. The van der Waals surface area contributed by atoms with Gasteiger partial charge >= 0.3 is 0 Å². The highest BCUT2D eigenvalue weighted by Crippen LogP contribution is 2.20. The molecule has 0 heterocycles. The minimum absolute atomic E-state index is 0.219. The highest BCUT2D eigenvalue weighted by Gasteiger charge is 2.09. The third-order valence-electron chi connectivity index (χ3n) is 3.46. The molecule has 1 amide bonds. The van der Waals surface area contributed by atoms with Gasteiger partial charge in [-0.25, -0.2) is 5.43 Å². The summed E-state index contributed by atoms with van der Waals surface area (Å²) in [7, 11) is 1.62. The van der Waals surface area contributed by atoms with E-state index in [0.29, 0.717) is 11.3 Å². The highest BCUT2D eigenvalue weighted by atomic mass is 16.5. The van der Waals surface area contributed by atoms with Crippen LogP contribution in [0.1, 0.15) is 34.0 Å². The first-order valence-electron chi connectivity index (χ1n) is 7.08. The first-order valence-corrected chi connectivity index (χ1v) is 7.08. The number of aryl methyl sites for hydroxylation is 2. The fourth-order valence-corrected chi connectivity index (χ4v) is 2.18. The van der Waals surface area contributed by atoms with Gasteiger partial charge in [-0.05, 0) is 50.1 Å². The van der Waals surface area contributed by atoms with Crippen LogP contribution in [-0.4, -0.2) is 18.7 Å². The lowest BCUT2D eigenvalue weighted by molar-refractivity contribution is 0.0954. The molecule has 0 saturated carbocycles. The van der Waals surface area contributed by atoms with Crippen LogP contribution in [0.15, 0.2) is 47.6 Å². The van der Waals surface area contributed by atoms with Crippen LogP contribution >= 0.6 is 0 Å². The molecule has 0 atom stereocenters. The number of hydrogen-bond donors (Lipinski definition) is 1. The van der Waals surface area contributed by atoms with Crippen molar-refractivity contribution < 1.29 is 9.53 Å². The van der Waals surface area contributed by atoms with Gasteiger partial charge in [0.2, 0.25) is 0 Å². The van der Waals surface area contributed by atoms with Crippen molar-refractivity contribution in [3.8, 4) is 5.75 Å². The van der Waals surface area contributed by atoms with Gasteiger partial charge in [-0.3, -0.25) is 4.79 Å². The van der Waals surface area contributed by atoms with Crippen LogP contribution in [0.2, 0.25) is 0 Å². The molecular formula is C18H20N2O2. The minimum Gasteiger partial charge on any atom is -0.496 e. The molecule has 1 N–H and O–H groups in total. The molecule has 0 unspecified atom stereocenters. The normalized spacial score (nSPS) is 11.2. The minimum atomic E-state index is -0.219. The second-order valence-corrected chi connectivity index (χ2v) is 5.16. The van der Waals surface area contributed by atoms with Gasteiger partial charge in [0.1, 0.15) is 5.75 Å². The predicted octanol–water partition coefficient (Wildman–Crippen LogP) is 3.47. The first-order chi connectivity index (χ1) is 10.5. The molecule has 2 rings (SSSR count). The smallest absolute Gasteiger partial charge is 0.271 e. The lowest BCUT2D eigenvalue weighted by Crippen LogP contribution is -2.20. The fourth-order valence-electron chi connectivity index (χ4n) is 2.18. The molecule has 2 aromatic carbocycles. The molecule has 0 fully saturated rings. The topological polar surface area (TPSA) is 50.7 Å². The molecule has 0 aliphatic heterocycles. The van der Waals surface area contributed by atoms with Gasteiger partial charge in [0.25, 0.3) is 5.91 Å². The molecule has 0 aliphatic rings. The number of rotatable bonds is 4. The maximum atomic E-state index is 12.2. The second-order valence-electron chi connectivity index (χ2n) is 5.16. The van der Waals surface area contributed by atoms with Crippen molar-refractivity contribution in [2.75, 3.05) is 7.11 Å². The SMILES string of the molecule is COc1cc(C)ccc1/C(C)=N/NC(=O)c1ccccc1C. The van der Waals surface area contributed by atoms with Crippen molar-refractivity contribution in [2.24, 2.45) is 5.10 Å². The number of carbonyl (C=O) groups excluding carboxylic acids is 1. The summed E-state index contributed by atoms with van der Waals surface area (Å²) in [5, 5.41) is 4.19. The summed E-state index contributed by atoms with van der Waals surface area (Å²) in [6.45, 7) is 5.73. The summed E-state index contributed by atoms with van der Waals surface area (Å²) in [6.07, 6.45) is 0. The molecule has 4 nitrogen and oxygen atoms in total. The van der Waals surface area contributed by atoms with E-state index in [2.05, 4.69) is 10.5 Å². The molecule has 2 aromatic rings. The third-order valence-corrected chi connectivity index (χ3v) is 3.46. The molecule has 0 saturated heterocycles. The average Bonchev–Trinajstić information content (AvgIpc) is 2.52. The maximum Gasteiger partial charge on any atom is 0.271 e. The average molecular weight is 296 g/mol. The number of nitrogens with zero attached hydrogens (tertiary/aromatic N) is 1. The quantitative estimate of drug-likeness (QED) is 0.694. The molecule has 0 radical (unpaired) electrons. The number of methoxy groups -OCH3 is 1. The van der Waals surface area contributed by atoms with Crippen molar-refractivity contribution in [1.29, 1.82) is 0 Å². The zero-order valence-electron chi connectivity index (χ0n) is 13.3. The Morgan fingerprint density at radius 1 is 1.09 bits per heavy atom. The lowest BCUT2D eigenvalue weighted by atomic mass is 10.1. The van der Waals surface area contributed by atoms with Crippen molar-refractivity contribution in [3.63, 3.8) is 0 Å². The van der Waals surface area contributed by atoms with Crippen LogP contribution in [0, 0.1) is 13.8 Å². The van der Waals surface area contributed by atoms with E-state index in [-0.39, 0.29) is 5.91 Å². The Labute approximate surface area is 130 Å². The molecular weight excluding hydrogens is 276 g/mol. The van der Waals surface area contributed by atoms with Crippen LogP contribution in [0.25, 0.3) is 0 Å². The lowest BCUT2D eigenvalue weighted by Gasteiger charge is -2.09. The van der Waals surface area contributed by atoms with E-state index in [4.69, 9.17) is 4.74 Å². The monoisotopic (exact) mass is 296 g/mol. The van der Waals surface area contributed by atoms with Gasteiger partial charge < -0.3 is 4.74 Å². The van der Waals surface area contributed by atoms with Gasteiger partial charge in [-0.1, -0.05) is 24.3 Å². The Bertz CT molecular complexity index is 721. The largest absolute Gasteiger partial charge is 0.496 e. The van der Waals surface area contributed by atoms with E-state index in [1.54, 1.807) is 13.2 Å². The number of nitrogens with one attached hydrogen (secondary N) is 1. The van der Waals surface area contributed by atoms with E-state index >= 15 is 0 Å². The van der Waals surface area contributed by atoms with E-state index in [9.17, 15) is 4.79 Å². The molecule has 22 heavy (non-hydrogen) atoms. The van der Waals surface area contributed by atoms with Crippen LogP contribution in [-0.2, 0) is 0 Å². The summed E-state index contributed by atoms with van der Waals surface area (Å²) in [5.41, 5.74) is 6.80. The Kier molecular flexibility index (Phi) is 4.94. The zero-order valence-corrected chi connectivity index (χ0v) is 13.3. The van der Waals surface area contributed by atoms with Crippen molar-refractivity contribution in [3.05, 3.63) is 64.7 Å². The van der Waals surface area contributed by atoms with Gasteiger partial charge in [0.05, 0.1) is 12.8 Å². The van der Waals surface area contributed by atoms with Gasteiger partial charge in [-0.2, -0.15) is 5.10 Å². The van der Waals surface area contributed by atoms with E-state index < -0.39 is 0 Å². The fraction of sp³-hybridized carbons (Fsp3) is 0.222. The summed E-state index contributed by atoms with van der Waals surface area (Å²) in [4.78, 5) is 12.2. The first kappa shape index (κ1) is 15.8. The van der Waals surface area contributed by atoms with E-state index in [1.807, 2.05) is 57.2 Å². The number of amides is 1. The molecule has 4 heteroatoms. The molecule has 0 spiro atoms. The number of hydrogen-bond acceptors (Lipinski definition) is 3. The molecule has 0 aromatic heterocycles. The van der Waals surface area contributed by atoms with Crippen molar-refractivity contribution >= 4 is 11.6 Å². The van der Waals surface area contributed by atoms with Crippen molar-refractivity contribution in [1.82, 2.24) is 5.43 Å². The highest BCUT2D eigenvalue weighted by molar-refractivity contribution is 6.03. The summed E-state index contributed by atoms with van der Waals surface area (Å²) in [6, 6.07) is 13.3. The van der Waals surface area contributed by atoms with E-state index in [0.717, 1.165) is 22.4 Å². The zero-order chi connectivity index (χ0) is 16.1. The number of benzene rings is 2. The predicted molar refractivity (Wildman–Crippen MR) is 88.6 cm³/mol.